The Hall–Kier alpha value is -3.91. The minimum atomic E-state index is -3.92. The van der Waals surface area contributed by atoms with Crippen molar-refractivity contribution in [3.05, 3.63) is 96.2 Å². The lowest BCUT2D eigenvalue weighted by molar-refractivity contribution is 0.0771. The van der Waals surface area contributed by atoms with Gasteiger partial charge in [0.05, 0.1) is 30.4 Å². The van der Waals surface area contributed by atoms with Crippen LogP contribution >= 0.6 is 0 Å². The number of methoxy groups -OCH3 is 1. The van der Waals surface area contributed by atoms with Gasteiger partial charge >= 0.3 is 0 Å². The Morgan fingerprint density at radius 3 is 2.33 bits per heavy atom. The molecule has 186 valence electrons. The first kappa shape index (κ1) is 25.2. The maximum absolute atomic E-state index is 13.8. The average Bonchev–Trinajstić information content (AvgIpc) is 2.90. The van der Waals surface area contributed by atoms with E-state index in [0.717, 1.165) is 10.8 Å². The van der Waals surface area contributed by atoms with Crippen LogP contribution in [-0.4, -0.2) is 51.0 Å². The number of rotatable bonds is 9. The van der Waals surface area contributed by atoms with Crippen molar-refractivity contribution < 1.29 is 17.9 Å². The van der Waals surface area contributed by atoms with Gasteiger partial charge in [-0.25, -0.2) is 13.4 Å². The number of hydrogen-bond acceptors (Lipinski definition) is 5. The number of aromatic nitrogens is 1. The summed E-state index contributed by atoms with van der Waals surface area (Å²) >= 11 is 0. The summed E-state index contributed by atoms with van der Waals surface area (Å²) in [5.74, 6) is 0.240. The largest absolute Gasteiger partial charge is 0.481 e. The van der Waals surface area contributed by atoms with Crippen molar-refractivity contribution in [3.63, 3.8) is 0 Å². The van der Waals surface area contributed by atoms with Crippen LogP contribution < -0.4 is 9.04 Å². The molecule has 0 aliphatic carbocycles. The van der Waals surface area contributed by atoms with E-state index < -0.39 is 10.0 Å². The smallest absolute Gasteiger partial charge is 0.264 e. The third-order valence-electron chi connectivity index (χ3n) is 6.14. The number of anilines is 1. The highest BCUT2D eigenvalue weighted by Gasteiger charge is 2.28. The van der Waals surface area contributed by atoms with E-state index in [2.05, 4.69) is 4.98 Å². The standard InChI is InChI=1S/C28H29N3O4S/c1-4-30(28(32)25-14-9-12-22-11-6-7-13-24(22)25)18-19-31(23-16-17-27(35-3)29-20-23)36(33,34)26-15-8-5-10-21(26)2/h5-17,20H,4,18-19H2,1-3H3. The second-order valence-electron chi connectivity index (χ2n) is 8.31. The first-order chi connectivity index (χ1) is 17.4. The first-order valence-electron chi connectivity index (χ1n) is 11.7. The zero-order valence-corrected chi connectivity index (χ0v) is 21.4. The Kier molecular flexibility index (Phi) is 7.55. The van der Waals surface area contributed by atoms with Crippen molar-refractivity contribution in [2.75, 3.05) is 31.0 Å². The molecule has 1 amide bonds. The number of fused-ring (bicyclic) bond motifs is 1. The molecule has 1 heterocycles. The van der Waals surface area contributed by atoms with E-state index >= 15 is 0 Å². The van der Waals surface area contributed by atoms with Crippen LogP contribution in [-0.2, 0) is 10.0 Å². The van der Waals surface area contributed by atoms with Crippen molar-refractivity contribution in [3.8, 4) is 5.88 Å². The predicted octanol–water partition coefficient (Wildman–Crippen LogP) is 4.91. The number of carbonyl (C=O) groups is 1. The molecule has 0 spiro atoms. The predicted molar refractivity (Wildman–Crippen MR) is 142 cm³/mol. The van der Waals surface area contributed by atoms with E-state index in [-0.39, 0.29) is 23.9 Å². The number of ether oxygens (including phenoxy) is 1. The number of amides is 1. The molecule has 36 heavy (non-hydrogen) atoms. The summed E-state index contributed by atoms with van der Waals surface area (Å²) in [4.78, 5) is 19.6. The highest BCUT2D eigenvalue weighted by Crippen LogP contribution is 2.27. The molecule has 0 aliphatic heterocycles. The molecular weight excluding hydrogens is 474 g/mol. The monoisotopic (exact) mass is 503 g/mol. The second kappa shape index (κ2) is 10.8. The van der Waals surface area contributed by atoms with Gasteiger partial charge in [0.15, 0.2) is 0 Å². The fourth-order valence-electron chi connectivity index (χ4n) is 4.19. The summed E-state index contributed by atoms with van der Waals surface area (Å²) in [5, 5.41) is 1.85. The topological polar surface area (TPSA) is 79.8 Å². The Morgan fingerprint density at radius 2 is 1.64 bits per heavy atom. The van der Waals surface area contributed by atoms with E-state index in [1.165, 1.54) is 17.6 Å². The van der Waals surface area contributed by atoms with Gasteiger partial charge in [-0.1, -0.05) is 54.6 Å². The molecule has 4 aromatic rings. The fraction of sp³-hybridized carbons (Fsp3) is 0.214. The van der Waals surface area contributed by atoms with E-state index in [9.17, 15) is 13.2 Å². The van der Waals surface area contributed by atoms with E-state index in [4.69, 9.17) is 4.74 Å². The Bertz CT molecular complexity index is 1460. The lowest BCUT2D eigenvalue weighted by atomic mass is 10.0. The molecule has 0 N–H and O–H groups in total. The number of sulfonamides is 1. The maximum atomic E-state index is 13.8. The van der Waals surface area contributed by atoms with Gasteiger partial charge in [0.2, 0.25) is 5.88 Å². The summed E-state index contributed by atoms with van der Waals surface area (Å²) in [6.07, 6.45) is 1.47. The number of aryl methyl sites for hydroxylation is 1. The molecule has 0 unspecified atom stereocenters. The normalized spacial score (nSPS) is 11.3. The Balaban J connectivity index is 1.67. The number of hydrogen-bond donors (Lipinski definition) is 0. The molecule has 0 bridgehead atoms. The van der Waals surface area contributed by atoms with Crippen LogP contribution in [0.25, 0.3) is 10.8 Å². The summed E-state index contributed by atoms with van der Waals surface area (Å²) < 4.78 is 34.0. The molecule has 0 aliphatic rings. The van der Waals surface area contributed by atoms with Gasteiger partial charge in [-0.2, -0.15) is 0 Å². The Morgan fingerprint density at radius 1 is 0.917 bits per heavy atom. The van der Waals surface area contributed by atoms with Crippen LogP contribution in [0.5, 0.6) is 5.88 Å². The minimum Gasteiger partial charge on any atom is -0.481 e. The summed E-state index contributed by atoms with van der Waals surface area (Å²) in [6.45, 7) is 4.35. The van der Waals surface area contributed by atoms with Gasteiger partial charge in [-0.05, 0) is 48.4 Å². The van der Waals surface area contributed by atoms with Crippen LogP contribution in [0, 0.1) is 6.92 Å². The lowest BCUT2D eigenvalue weighted by Gasteiger charge is -2.29. The molecule has 8 heteroatoms. The molecule has 0 saturated heterocycles. The molecular formula is C28H29N3O4S. The molecule has 3 aromatic carbocycles. The van der Waals surface area contributed by atoms with Gasteiger partial charge in [0.25, 0.3) is 15.9 Å². The first-order valence-corrected chi connectivity index (χ1v) is 13.2. The SMILES string of the molecule is CCN(CCN(c1ccc(OC)nc1)S(=O)(=O)c1ccccc1C)C(=O)c1cccc2ccccc12. The number of carbonyl (C=O) groups excluding carboxylic acids is 1. The van der Waals surface area contributed by atoms with Crippen molar-refractivity contribution in [2.24, 2.45) is 0 Å². The van der Waals surface area contributed by atoms with Crippen molar-refractivity contribution in [1.82, 2.24) is 9.88 Å². The average molecular weight is 504 g/mol. The van der Waals surface area contributed by atoms with Crippen molar-refractivity contribution in [1.29, 1.82) is 0 Å². The van der Waals surface area contributed by atoms with E-state index in [0.29, 0.717) is 29.2 Å². The molecule has 0 radical (unpaired) electrons. The summed E-state index contributed by atoms with van der Waals surface area (Å²) in [5.41, 5.74) is 1.63. The highest BCUT2D eigenvalue weighted by molar-refractivity contribution is 7.92. The van der Waals surface area contributed by atoms with Gasteiger partial charge in [0.1, 0.15) is 0 Å². The molecule has 0 atom stereocenters. The quantitative estimate of drug-likeness (QED) is 0.324. The van der Waals surface area contributed by atoms with Gasteiger partial charge < -0.3 is 9.64 Å². The van der Waals surface area contributed by atoms with Crippen LogP contribution in [0.15, 0.2) is 90.0 Å². The Labute approximate surface area is 212 Å². The van der Waals surface area contributed by atoms with Gasteiger partial charge in [0, 0.05) is 24.7 Å². The number of nitrogens with zero attached hydrogens (tertiary/aromatic N) is 3. The van der Waals surface area contributed by atoms with Crippen LogP contribution in [0.3, 0.4) is 0 Å². The minimum absolute atomic E-state index is 0.0645. The fourth-order valence-corrected chi connectivity index (χ4v) is 5.86. The molecule has 1 aromatic heterocycles. The van der Waals surface area contributed by atoms with Crippen LogP contribution in [0.1, 0.15) is 22.8 Å². The maximum Gasteiger partial charge on any atom is 0.264 e. The van der Waals surface area contributed by atoms with E-state index in [1.54, 1.807) is 48.2 Å². The third-order valence-corrected chi connectivity index (χ3v) is 8.13. The second-order valence-corrected chi connectivity index (χ2v) is 10.1. The zero-order valence-electron chi connectivity index (χ0n) is 20.6. The molecule has 0 saturated carbocycles. The third kappa shape index (κ3) is 5.04. The van der Waals surface area contributed by atoms with E-state index in [1.807, 2.05) is 49.4 Å². The highest BCUT2D eigenvalue weighted by atomic mass is 32.2. The summed E-state index contributed by atoms with van der Waals surface area (Å²) in [7, 11) is -2.42. The molecule has 4 rings (SSSR count). The van der Waals surface area contributed by atoms with Crippen molar-refractivity contribution >= 4 is 32.4 Å². The van der Waals surface area contributed by atoms with Crippen molar-refractivity contribution in [2.45, 2.75) is 18.7 Å². The summed E-state index contributed by atoms with van der Waals surface area (Å²) in [6, 6.07) is 23.5. The number of likely N-dealkylation sites (N-methyl/N-ethyl adjacent to an activating group) is 1. The number of pyridine rings is 1. The molecule has 0 fully saturated rings. The molecule has 7 nitrogen and oxygen atoms in total. The zero-order chi connectivity index (χ0) is 25.7. The van der Waals surface area contributed by atoms with Gasteiger partial charge in [-0.3, -0.25) is 9.10 Å². The number of benzene rings is 3. The van der Waals surface area contributed by atoms with Crippen LogP contribution in [0.4, 0.5) is 5.69 Å². The lowest BCUT2D eigenvalue weighted by Crippen LogP contribution is -2.41. The van der Waals surface area contributed by atoms with Gasteiger partial charge in [-0.15, -0.1) is 0 Å². The van der Waals surface area contributed by atoms with Crippen LogP contribution in [0.2, 0.25) is 0 Å².